The second-order valence-electron chi connectivity index (χ2n) is 10.9. The first kappa shape index (κ1) is 30.0. The highest BCUT2D eigenvalue weighted by Crippen LogP contribution is 2.48. The SMILES string of the molecule is CC(=O)C(=O)N(CC(C)C)NC(=O)[C@H](CC(C)C)NC(=O)C1(NOC(=O)c2ccccc2)CC1C(C)C. The summed E-state index contributed by atoms with van der Waals surface area (Å²) < 4.78 is 0. The van der Waals surface area contributed by atoms with Crippen LogP contribution in [0, 0.1) is 23.7 Å². The number of Topliss-reactive ketones (excluding diaryl/α,β-unsaturated/α-hetero) is 1. The minimum absolute atomic E-state index is 0.00762. The quantitative estimate of drug-likeness (QED) is 0.287. The predicted octanol–water partition coefficient (Wildman–Crippen LogP) is 2.40. The Morgan fingerprint density at radius 1 is 1.00 bits per heavy atom. The van der Waals surface area contributed by atoms with Crippen molar-refractivity contribution in [2.75, 3.05) is 6.54 Å². The van der Waals surface area contributed by atoms with E-state index in [0.717, 1.165) is 11.9 Å². The van der Waals surface area contributed by atoms with E-state index in [-0.39, 0.29) is 30.2 Å². The topological polar surface area (TPSA) is 134 Å². The zero-order chi connectivity index (χ0) is 27.9. The molecule has 3 atom stereocenters. The van der Waals surface area contributed by atoms with Crippen LogP contribution in [0.4, 0.5) is 0 Å². The second-order valence-corrected chi connectivity index (χ2v) is 10.9. The van der Waals surface area contributed by atoms with Crippen molar-refractivity contribution in [3.05, 3.63) is 35.9 Å². The zero-order valence-electron chi connectivity index (χ0n) is 22.8. The summed E-state index contributed by atoms with van der Waals surface area (Å²) in [5.74, 6) is -3.19. The molecule has 0 heterocycles. The normalized spacial score (nSPS) is 19.4. The largest absolute Gasteiger partial charge is 0.366 e. The molecule has 1 aromatic rings. The van der Waals surface area contributed by atoms with Crippen LogP contribution in [-0.4, -0.2) is 52.6 Å². The third-order valence-electron chi connectivity index (χ3n) is 6.23. The molecule has 0 radical (unpaired) electrons. The summed E-state index contributed by atoms with van der Waals surface area (Å²) in [7, 11) is 0. The fourth-order valence-electron chi connectivity index (χ4n) is 4.22. The number of nitrogens with one attached hydrogen (secondary N) is 3. The van der Waals surface area contributed by atoms with E-state index in [1.54, 1.807) is 30.3 Å². The number of amides is 3. The second kappa shape index (κ2) is 12.8. The maximum atomic E-state index is 13.5. The minimum atomic E-state index is -1.18. The highest BCUT2D eigenvalue weighted by atomic mass is 16.7. The number of hydroxylamine groups is 1. The van der Waals surface area contributed by atoms with Crippen LogP contribution in [0.15, 0.2) is 30.3 Å². The van der Waals surface area contributed by atoms with Crippen LogP contribution in [0.25, 0.3) is 0 Å². The van der Waals surface area contributed by atoms with Crippen molar-refractivity contribution in [1.29, 1.82) is 0 Å². The van der Waals surface area contributed by atoms with E-state index in [2.05, 4.69) is 16.2 Å². The van der Waals surface area contributed by atoms with Crippen molar-refractivity contribution in [3.8, 4) is 0 Å². The number of hydrogen-bond donors (Lipinski definition) is 3. The molecular weight excluding hydrogens is 476 g/mol. The van der Waals surface area contributed by atoms with Gasteiger partial charge in [0.05, 0.1) is 5.56 Å². The van der Waals surface area contributed by atoms with Gasteiger partial charge in [0.2, 0.25) is 11.7 Å². The first-order chi connectivity index (χ1) is 17.3. The number of ketones is 1. The highest BCUT2D eigenvalue weighted by molar-refractivity contribution is 6.35. The summed E-state index contributed by atoms with van der Waals surface area (Å²) in [4.78, 5) is 68.5. The number of carbonyl (C=O) groups excluding carboxylic acids is 5. The first-order valence-electron chi connectivity index (χ1n) is 12.8. The van der Waals surface area contributed by atoms with Gasteiger partial charge in [-0.3, -0.25) is 24.6 Å². The minimum Gasteiger partial charge on any atom is -0.366 e. The molecule has 2 unspecified atom stereocenters. The molecule has 1 aliphatic rings. The van der Waals surface area contributed by atoms with Crippen molar-refractivity contribution < 1.29 is 28.8 Å². The van der Waals surface area contributed by atoms with Gasteiger partial charge in [0, 0.05) is 13.5 Å². The van der Waals surface area contributed by atoms with Gasteiger partial charge in [-0.15, -0.1) is 5.48 Å². The molecule has 204 valence electrons. The van der Waals surface area contributed by atoms with Gasteiger partial charge in [0.15, 0.2) is 0 Å². The lowest BCUT2D eigenvalue weighted by atomic mass is 10.0. The molecule has 3 amide bonds. The van der Waals surface area contributed by atoms with E-state index in [1.165, 1.54) is 0 Å². The summed E-state index contributed by atoms with van der Waals surface area (Å²) >= 11 is 0. The molecule has 0 aliphatic heterocycles. The van der Waals surface area contributed by atoms with Crippen LogP contribution in [-0.2, 0) is 24.0 Å². The van der Waals surface area contributed by atoms with E-state index < -0.39 is 41.1 Å². The van der Waals surface area contributed by atoms with Gasteiger partial charge < -0.3 is 10.2 Å². The van der Waals surface area contributed by atoms with Crippen molar-refractivity contribution in [2.45, 2.75) is 72.9 Å². The van der Waals surface area contributed by atoms with E-state index in [1.807, 2.05) is 41.5 Å². The fourth-order valence-corrected chi connectivity index (χ4v) is 4.22. The van der Waals surface area contributed by atoms with Crippen LogP contribution >= 0.6 is 0 Å². The van der Waals surface area contributed by atoms with E-state index >= 15 is 0 Å². The Morgan fingerprint density at radius 2 is 1.62 bits per heavy atom. The molecular formula is C27H40N4O6. The van der Waals surface area contributed by atoms with Crippen LogP contribution < -0.4 is 16.2 Å². The van der Waals surface area contributed by atoms with Gasteiger partial charge in [-0.1, -0.05) is 59.7 Å². The van der Waals surface area contributed by atoms with Crippen LogP contribution in [0.3, 0.4) is 0 Å². The van der Waals surface area contributed by atoms with Crippen LogP contribution in [0.2, 0.25) is 0 Å². The molecule has 1 aliphatic carbocycles. The van der Waals surface area contributed by atoms with Crippen molar-refractivity contribution in [3.63, 3.8) is 0 Å². The first-order valence-corrected chi connectivity index (χ1v) is 12.8. The lowest BCUT2D eigenvalue weighted by Crippen LogP contribution is -2.59. The smallest absolute Gasteiger partial charge is 0.356 e. The lowest BCUT2D eigenvalue weighted by molar-refractivity contribution is -0.150. The summed E-state index contributed by atoms with van der Waals surface area (Å²) in [5.41, 5.74) is 4.37. The van der Waals surface area contributed by atoms with Crippen molar-refractivity contribution >= 4 is 29.5 Å². The molecule has 1 aromatic carbocycles. The molecule has 37 heavy (non-hydrogen) atoms. The van der Waals surface area contributed by atoms with Crippen molar-refractivity contribution in [2.24, 2.45) is 23.7 Å². The Hall–Kier alpha value is -3.27. The van der Waals surface area contributed by atoms with E-state index in [0.29, 0.717) is 18.4 Å². The molecule has 1 saturated carbocycles. The molecule has 3 N–H and O–H groups in total. The third-order valence-corrected chi connectivity index (χ3v) is 6.23. The summed E-state index contributed by atoms with van der Waals surface area (Å²) in [6.45, 7) is 12.7. The standard InChI is InChI=1S/C27H40N4O6/c1-16(2)13-22(23(33)29-31(15-17(3)4)24(34)19(7)32)28-26(36)27(14-21(27)18(5)6)30-37-25(35)20-11-9-8-10-12-20/h8-12,16-18,21-22,30H,13-15H2,1-7H3,(H,28,36)(H,29,33)/t21?,22-,27?/m0/s1. The summed E-state index contributed by atoms with van der Waals surface area (Å²) in [6, 6.07) is 7.44. The van der Waals surface area contributed by atoms with Gasteiger partial charge in [-0.05, 0) is 48.6 Å². The van der Waals surface area contributed by atoms with Gasteiger partial charge >= 0.3 is 11.9 Å². The molecule has 0 saturated heterocycles. The molecule has 0 aromatic heterocycles. The van der Waals surface area contributed by atoms with Gasteiger partial charge in [0.1, 0.15) is 11.6 Å². The average molecular weight is 517 g/mol. The number of rotatable bonds is 12. The molecule has 2 rings (SSSR count). The maximum absolute atomic E-state index is 13.5. The number of benzene rings is 1. The lowest BCUT2D eigenvalue weighted by Gasteiger charge is -2.29. The molecule has 10 nitrogen and oxygen atoms in total. The van der Waals surface area contributed by atoms with E-state index in [9.17, 15) is 24.0 Å². The maximum Gasteiger partial charge on any atom is 0.356 e. The number of hydrogen-bond acceptors (Lipinski definition) is 7. The Kier molecular flexibility index (Phi) is 10.4. The number of hydrazine groups is 1. The zero-order valence-corrected chi connectivity index (χ0v) is 22.8. The van der Waals surface area contributed by atoms with Gasteiger partial charge in [-0.25, -0.2) is 9.80 Å². The molecule has 1 fully saturated rings. The van der Waals surface area contributed by atoms with E-state index in [4.69, 9.17) is 4.84 Å². The third kappa shape index (κ3) is 8.11. The monoisotopic (exact) mass is 516 g/mol. The highest BCUT2D eigenvalue weighted by Gasteiger charge is 2.62. The molecule has 0 bridgehead atoms. The Labute approximate surface area is 218 Å². The van der Waals surface area contributed by atoms with Crippen molar-refractivity contribution in [1.82, 2.24) is 21.2 Å². The summed E-state index contributed by atoms with van der Waals surface area (Å²) in [6.07, 6.45) is 0.727. The fraction of sp³-hybridized carbons (Fsp3) is 0.593. The Balaban J connectivity index is 2.19. The number of nitrogens with zero attached hydrogens (tertiary/aromatic N) is 1. The van der Waals surface area contributed by atoms with Gasteiger partial charge in [-0.2, -0.15) is 0 Å². The van der Waals surface area contributed by atoms with Crippen LogP contribution in [0.5, 0.6) is 0 Å². The Morgan fingerprint density at radius 3 is 2.11 bits per heavy atom. The summed E-state index contributed by atoms with van der Waals surface area (Å²) in [5, 5.41) is 3.80. The van der Waals surface area contributed by atoms with Crippen LogP contribution in [0.1, 0.15) is 71.7 Å². The Bertz CT molecular complexity index is 994. The molecule has 10 heteroatoms. The molecule has 0 spiro atoms. The number of carbonyl (C=O) groups is 5. The van der Waals surface area contributed by atoms with Gasteiger partial charge in [0.25, 0.3) is 5.91 Å². The average Bonchev–Trinajstić information content (AvgIpc) is 3.57. The predicted molar refractivity (Wildman–Crippen MR) is 137 cm³/mol.